The molecule has 0 aromatic heterocycles. The summed E-state index contributed by atoms with van der Waals surface area (Å²) in [5.74, 6) is 0. The highest BCUT2D eigenvalue weighted by molar-refractivity contribution is 6.33. The third-order valence-electron chi connectivity index (χ3n) is 2.01. The molecular weight excluding hydrogens is 148 g/mol. The van der Waals surface area contributed by atoms with E-state index in [-0.39, 0.29) is 0 Å². The molecule has 2 rings (SSSR count). The highest BCUT2D eigenvalue weighted by atomic mass is 28.1. The van der Waals surface area contributed by atoms with E-state index in [1.54, 1.807) is 0 Å². The molecule has 1 aliphatic carbocycles. The van der Waals surface area contributed by atoms with Crippen molar-refractivity contribution in [3.63, 3.8) is 0 Å². The van der Waals surface area contributed by atoms with Crippen LogP contribution in [0.3, 0.4) is 0 Å². The maximum Gasteiger partial charge on any atom is 0.0385 e. The van der Waals surface area contributed by atoms with E-state index in [0.29, 0.717) is 0 Å². The number of allylic oxidation sites excluding steroid dienone is 2. The van der Waals surface area contributed by atoms with Crippen LogP contribution in [-0.2, 0) is 0 Å². The van der Waals surface area contributed by atoms with Crippen molar-refractivity contribution < 1.29 is 0 Å². The Kier molecular flexibility index (Phi) is 1.33. The number of hydrogen-bond acceptors (Lipinski definition) is 0. The first-order valence-corrected chi connectivity index (χ1v) is 4.76. The van der Waals surface area contributed by atoms with Crippen LogP contribution in [-0.4, -0.2) is 10.2 Å². The zero-order valence-electron chi connectivity index (χ0n) is 6.59. The summed E-state index contributed by atoms with van der Waals surface area (Å²) in [7, 11) is 1.07. The van der Waals surface area contributed by atoms with Gasteiger partial charge in [0.1, 0.15) is 0 Å². The molecule has 0 N–H and O–H groups in total. The summed E-state index contributed by atoms with van der Waals surface area (Å²) >= 11 is 0. The van der Waals surface area contributed by atoms with Gasteiger partial charge in [-0.25, -0.2) is 0 Å². The second-order valence-corrected chi connectivity index (χ2v) is 4.13. The Morgan fingerprint density at radius 3 is 2.64 bits per heavy atom. The monoisotopic (exact) mass is 158 g/mol. The van der Waals surface area contributed by atoms with E-state index in [9.17, 15) is 0 Å². The van der Waals surface area contributed by atoms with Gasteiger partial charge in [0.25, 0.3) is 0 Å². The number of fused-ring (bicyclic) bond motifs is 1. The summed E-state index contributed by atoms with van der Waals surface area (Å²) in [5.41, 5.74) is 4.11. The van der Waals surface area contributed by atoms with Gasteiger partial charge in [-0.15, -0.1) is 6.58 Å². The SMILES string of the molecule is C=C([SiH3])C1=Cc2ccccc21. The zero-order chi connectivity index (χ0) is 7.84. The maximum atomic E-state index is 3.97. The molecule has 0 amide bonds. The van der Waals surface area contributed by atoms with E-state index >= 15 is 0 Å². The zero-order valence-corrected chi connectivity index (χ0v) is 8.59. The van der Waals surface area contributed by atoms with Crippen molar-refractivity contribution in [1.82, 2.24) is 0 Å². The van der Waals surface area contributed by atoms with Crippen LogP contribution in [0.1, 0.15) is 11.1 Å². The maximum absolute atomic E-state index is 3.97. The van der Waals surface area contributed by atoms with Crippen LogP contribution in [0.5, 0.6) is 0 Å². The third-order valence-corrected chi connectivity index (χ3v) is 2.55. The Bertz CT molecular complexity index is 348. The standard InChI is InChI=1S/C10H10Si/c1-7(11)10-6-8-4-2-3-5-9(8)10/h2-6H,1H2,11H3. The molecule has 0 atom stereocenters. The molecule has 0 radical (unpaired) electrons. The molecule has 1 heteroatoms. The molecule has 0 nitrogen and oxygen atoms in total. The molecule has 1 aromatic carbocycles. The lowest BCUT2D eigenvalue weighted by Gasteiger charge is -2.19. The second-order valence-electron chi connectivity index (χ2n) is 2.93. The quantitative estimate of drug-likeness (QED) is 0.542. The Hall–Kier alpha value is -1.08. The molecule has 54 valence electrons. The normalized spacial score (nSPS) is 13.3. The third kappa shape index (κ3) is 0.888. The molecular formula is C10H10Si. The van der Waals surface area contributed by atoms with Crippen molar-refractivity contribution in [2.75, 3.05) is 0 Å². The molecule has 1 aliphatic rings. The van der Waals surface area contributed by atoms with Gasteiger partial charge in [0, 0.05) is 10.2 Å². The minimum Gasteiger partial charge on any atom is -0.100 e. The average Bonchev–Trinajstić information content (AvgIpc) is 1.90. The van der Waals surface area contributed by atoms with Crippen LogP contribution in [0.15, 0.2) is 36.0 Å². The molecule has 0 bridgehead atoms. The van der Waals surface area contributed by atoms with Crippen LogP contribution in [0.2, 0.25) is 0 Å². The fraction of sp³-hybridized carbons (Fsp3) is 0. The Morgan fingerprint density at radius 1 is 1.27 bits per heavy atom. The minimum absolute atomic E-state index is 1.07. The molecule has 0 spiro atoms. The molecule has 0 saturated heterocycles. The molecule has 0 saturated carbocycles. The van der Waals surface area contributed by atoms with Gasteiger partial charge in [-0.3, -0.25) is 0 Å². The predicted octanol–water partition coefficient (Wildman–Crippen LogP) is 1.42. The van der Waals surface area contributed by atoms with Gasteiger partial charge in [-0.2, -0.15) is 0 Å². The summed E-state index contributed by atoms with van der Waals surface area (Å²) in [6, 6.07) is 8.45. The van der Waals surface area contributed by atoms with Crippen molar-refractivity contribution in [1.29, 1.82) is 0 Å². The minimum atomic E-state index is 1.07. The molecule has 11 heavy (non-hydrogen) atoms. The molecule has 0 unspecified atom stereocenters. The highest BCUT2D eigenvalue weighted by Gasteiger charge is 2.14. The average molecular weight is 158 g/mol. The van der Waals surface area contributed by atoms with E-state index in [1.165, 1.54) is 21.9 Å². The van der Waals surface area contributed by atoms with Gasteiger partial charge in [-0.05, 0) is 22.8 Å². The highest BCUT2D eigenvalue weighted by Crippen LogP contribution is 2.34. The molecule has 0 heterocycles. The predicted molar refractivity (Wildman–Crippen MR) is 53.4 cm³/mol. The van der Waals surface area contributed by atoms with E-state index in [0.717, 1.165) is 10.2 Å². The fourth-order valence-electron chi connectivity index (χ4n) is 1.38. The van der Waals surface area contributed by atoms with Crippen molar-refractivity contribution in [2.24, 2.45) is 0 Å². The summed E-state index contributed by atoms with van der Waals surface area (Å²) in [6.07, 6.45) is 2.21. The molecule has 0 aliphatic heterocycles. The van der Waals surface area contributed by atoms with Gasteiger partial charge in [0.05, 0.1) is 0 Å². The van der Waals surface area contributed by atoms with Crippen LogP contribution in [0, 0.1) is 0 Å². The fourth-order valence-corrected chi connectivity index (χ4v) is 1.79. The van der Waals surface area contributed by atoms with E-state index < -0.39 is 0 Å². The first-order valence-electron chi connectivity index (χ1n) is 3.76. The van der Waals surface area contributed by atoms with Crippen molar-refractivity contribution in [3.8, 4) is 0 Å². The lowest BCUT2D eigenvalue weighted by Crippen LogP contribution is -1.99. The summed E-state index contributed by atoms with van der Waals surface area (Å²) < 4.78 is 0. The largest absolute Gasteiger partial charge is 0.100 e. The van der Waals surface area contributed by atoms with E-state index in [4.69, 9.17) is 0 Å². The molecule has 0 fully saturated rings. The Labute approximate surface area is 69.7 Å². The van der Waals surface area contributed by atoms with E-state index in [2.05, 4.69) is 36.9 Å². The number of benzene rings is 1. The Balaban J connectivity index is 2.46. The van der Waals surface area contributed by atoms with Gasteiger partial charge < -0.3 is 0 Å². The Morgan fingerprint density at radius 2 is 2.00 bits per heavy atom. The van der Waals surface area contributed by atoms with Gasteiger partial charge in [0.15, 0.2) is 0 Å². The van der Waals surface area contributed by atoms with Crippen molar-refractivity contribution in [3.05, 3.63) is 47.2 Å². The van der Waals surface area contributed by atoms with Gasteiger partial charge in [-0.1, -0.05) is 29.5 Å². The van der Waals surface area contributed by atoms with Gasteiger partial charge >= 0.3 is 0 Å². The molecule has 1 aromatic rings. The number of rotatable bonds is 1. The first-order chi connectivity index (χ1) is 5.29. The summed E-state index contributed by atoms with van der Waals surface area (Å²) in [6.45, 7) is 3.97. The smallest absolute Gasteiger partial charge is 0.0385 e. The summed E-state index contributed by atoms with van der Waals surface area (Å²) in [5, 5.41) is 1.30. The topological polar surface area (TPSA) is 0 Å². The lowest BCUT2D eigenvalue weighted by molar-refractivity contribution is 1.53. The first kappa shape index (κ1) is 6.62. The van der Waals surface area contributed by atoms with Crippen LogP contribution in [0.25, 0.3) is 11.6 Å². The van der Waals surface area contributed by atoms with E-state index in [1.807, 2.05) is 0 Å². The van der Waals surface area contributed by atoms with Crippen LogP contribution < -0.4 is 0 Å². The van der Waals surface area contributed by atoms with Crippen molar-refractivity contribution in [2.45, 2.75) is 0 Å². The van der Waals surface area contributed by atoms with Gasteiger partial charge in [0.2, 0.25) is 0 Å². The number of hydrogen-bond donors (Lipinski definition) is 0. The van der Waals surface area contributed by atoms with Crippen LogP contribution in [0.4, 0.5) is 0 Å². The van der Waals surface area contributed by atoms with Crippen molar-refractivity contribution >= 4 is 21.9 Å². The lowest BCUT2D eigenvalue weighted by atomic mass is 9.89. The second kappa shape index (κ2) is 2.21. The summed E-state index contributed by atoms with van der Waals surface area (Å²) in [4.78, 5) is 0. The van der Waals surface area contributed by atoms with Crippen LogP contribution >= 0.6 is 0 Å².